The number of nitrogen functional groups attached to an aromatic ring is 1. The quantitative estimate of drug-likeness (QED) is 0.641. The fourth-order valence-electron chi connectivity index (χ4n) is 0.965. The lowest BCUT2D eigenvalue weighted by atomic mass is 10.2. The largest absolute Gasteiger partial charge is 0.395 e. The Hall–Kier alpha value is -1.80. The van der Waals surface area contributed by atoms with E-state index < -0.39 is 0 Å². The summed E-state index contributed by atoms with van der Waals surface area (Å²) < 4.78 is 0. The minimum atomic E-state index is -0.140. The van der Waals surface area contributed by atoms with Gasteiger partial charge in [0.05, 0.1) is 17.9 Å². The molecule has 0 radical (unpaired) electrons. The molecule has 14 heavy (non-hydrogen) atoms. The third kappa shape index (κ3) is 2.12. The Morgan fingerprint density at radius 1 is 1.79 bits per heavy atom. The highest BCUT2D eigenvalue weighted by Crippen LogP contribution is 2.19. The van der Waals surface area contributed by atoms with Crippen molar-refractivity contribution < 1.29 is 5.11 Å². The molecule has 0 bridgehead atoms. The van der Waals surface area contributed by atoms with Gasteiger partial charge in [-0.3, -0.25) is 0 Å². The SMILES string of the molecule is CC(CO)Nc1nccc(C#N)c1N. The second-order valence-electron chi connectivity index (χ2n) is 2.96. The second-order valence-corrected chi connectivity index (χ2v) is 2.96. The number of rotatable bonds is 3. The minimum Gasteiger partial charge on any atom is -0.395 e. The molecule has 0 aliphatic rings. The molecule has 0 aliphatic heterocycles. The normalized spacial score (nSPS) is 11.8. The zero-order chi connectivity index (χ0) is 10.6. The number of nitrogens with zero attached hydrogens (tertiary/aromatic N) is 2. The second kappa shape index (κ2) is 4.44. The van der Waals surface area contributed by atoms with Crippen LogP contribution in [0.4, 0.5) is 11.5 Å². The Balaban J connectivity index is 2.94. The highest BCUT2D eigenvalue weighted by Gasteiger charge is 2.07. The number of nitrogens with two attached hydrogens (primary N) is 1. The Morgan fingerprint density at radius 3 is 3.07 bits per heavy atom. The van der Waals surface area contributed by atoms with Crippen molar-refractivity contribution in [1.29, 1.82) is 5.26 Å². The van der Waals surface area contributed by atoms with Crippen LogP contribution in [0.15, 0.2) is 12.3 Å². The standard InChI is InChI=1S/C9H12N4O/c1-6(5-14)13-9-8(11)7(4-10)2-3-12-9/h2-3,6,14H,5,11H2,1H3,(H,12,13). The highest BCUT2D eigenvalue weighted by molar-refractivity contribution is 5.69. The Labute approximate surface area is 82.2 Å². The molecule has 74 valence electrons. The van der Waals surface area contributed by atoms with Gasteiger partial charge < -0.3 is 16.2 Å². The maximum Gasteiger partial charge on any atom is 0.150 e. The van der Waals surface area contributed by atoms with Gasteiger partial charge in [-0.1, -0.05) is 0 Å². The summed E-state index contributed by atoms with van der Waals surface area (Å²) in [5.41, 5.74) is 6.36. The third-order valence-electron chi connectivity index (χ3n) is 1.77. The van der Waals surface area contributed by atoms with Crippen molar-refractivity contribution in [3.63, 3.8) is 0 Å². The van der Waals surface area contributed by atoms with E-state index in [-0.39, 0.29) is 12.6 Å². The van der Waals surface area contributed by atoms with E-state index in [1.54, 1.807) is 13.0 Å². The zero-order valence-electron chi connectivity index (χ0n) is 7.86. The molecule has 1 aromatic heterocycles. The molecule has 1 heterocycles. The summed E-state index contributed by atoms with van der Waals surface area (Å²) in [6.45, 7) is 1.78. The molecule has 0 fully saturated rings. The monoisotopic (exact) mass is 192 g/mol. The first-order chi connectivity index (χ1) is 6.69. The average molecular weight is 192 g/mol. The van der Waals surface area contributed by atoms with Crippen molar-refractivity contribution in [2.75, 3.05) is 17.7 Å². The lowest BCUT2D eigenvalue weighted by molar-refractivity contribution is 0.281. The Morgan fingerprint density at radius 2 is 2.50 bits per heavy atom. The molecule has 5 heteroatoms. The summed E-state index contributed by atoms with van der Waals surface area (Å²) in [5.74, 6) is 0.436. The number of nitrogens with one attached hydrogen (secondary N) is 1. The van der Waals surface area contributed by atoms with Crippen LogP contribution in [0, 0.1) is 11.3 Å². The van der Waals surface area contributed by atoms with Gasteiger partial charge in [0.25, 0.3) is 0 Å². The molecular formula is C9H12N4O. The Bertz CT molecular complexity index is 358. The number of aliphatic hydroxyl groups excluding tert-OH is 1. The summed E-state index contributed by atoms with van der Waals surface area (Å²) in [6, 6.07) is 3.37. The average Bonchev–Trinajstić information content (AvgIpc) is 2.21. The van der Waals surface area contributed by atoms with Crippen molar-refractivity contribution in [1.82, 2.24) is 4.98 Å². The van der Waals surface area contributed by atoms with Crippen LogP contribution in [0.2, 0.25) is 0 Å². The van der Waals surface area contributed by atoms with Gasteiger partial charge in [-0.15, -0.1) is 0 Å². The zero-order valence-corrected chi connectivity index (χ0v) is 7.86. The van der Waals surface area contributed by atoms with Gasteiger partial charge in [0, 0.05) is 12.2 Å². The first-order valence-electron chi connectivity index (χ1n) is 4.21. The smallest absolute Gasteiger partial charge is 0.150 e. The van der Waals surface area contributed by atoms with Crippen LogP contribution < -0.4 is 11.1 Å². The molecule has 0 aromatic carbocycles. The van der Waals surface area contributed by atoms with E-state index in [1.807, 2.05) is 6.07 Å². The van der Waals surface area contributed by atoms with Gasteiger partial charge in [0.15, 0.2) is 5.82 Å². The van der Waals surface area contributed by atoms with E-state index in [9.17, 15) is 0 Å². The summed E-state index contributed by atoms with van der Waals surface area (Å²) in [7, 11) is 0. The lowest BCUT2D eigenvalue weighted by Crippen LogP contribution is -2.21. The van der Waals surface area contributed by atoms with Gasteiger partial charge in [-0.2, -0.15) is 5.26 Å². The summed E-state index contributed by atoms with van der Waals surface area (Å²) in [4.78, 5) is 3.98. The molecule has 0 saturated carbocycles. The molecule has 0 aliphatic carbocycles. The minimum absolute atomic E-state index is 0.0160. The van der Waals surface area contributed by atoms with Gasteiger partial charge in [-0.25, -0.2) is 4.98 Å². The van der Waals surface area contributed by atoms with Crippen LogP contribution in [0.5, 0.6) is 0 Å². The number of anilines is 2. The summed E-state index contributed by atoms with van der Waals surface area (Å²) in [6.07, 6.45) is 1.50. The fourth-order valence-corrected chi connectivity index (χ4v) is 0.965. The highest BCUT2D eigenvalue weighted by atomic mass is 16.3. The van der Waals surface area contributed by atoms with E-state index in [1.165, 1.54) is 6.20 Å². The van der Waals surface area contributed by atoms with Crippen molar-refractivity contribution in [2.24, 2.45) is 0 Å². The molecular weight excluding hydrogens is 180 g/mol. The first kappa shape index (κ1) is 10.3. The van der Waals surface area contributed by atoms with Crippen LogP contribution in [0.1, 0.15) is 12.5 Å². The van der Waals surface area contributed by atoms with Crippen molar-refractivity contribution in [3.05, 3.63) is 17.8 Å². The van der Waals surface area contributed by atoms with Crippen LogP contribution >= 0.6 is 0 Å². The van der Waals surface area contributed by atoms with E-state index >= 15 is 0 Å². The number of nitriles is 1. The molecule has 1 unspecified atom stereocenters. The summed E-state index contributed by atoms with van der Waals surface area (Å²) in [5, 5.41) is 20.4. The predicted molar refractivity (Wildman–Crippen MR) is 53.5 cm³/mol. The number of hydrogen-bond donors (Lipinski definition) is 3. The maximum absolute atomic E-state index is 8.82. The molecule has 5 nitrogen and oxygen atoms in total. The van der Waals surface area contributed by atoms with E-state index in [0.29, 0.717) is 17.1 Å². The third-order valence-corrected chi connectivity index (χ3v) is 1.77. The molecule has 4 N–H and O–H groups in total. The van der Waals surface area contributed by atoms with Crippen LogP contribution in [-0.2, 0) is 0 Å². The van der Waals surface area contributed by atoms with E-state index in [4.69, 9.17) is 16.1 Å². The fraction of sp³-hybridized carbons (Fsp3) is 0.333. The number of aromatic nitrogens is 1. The predicted octanol–water partition coefficient (Wildman–Crippen LogP) is 0.328. The van der Waals surface area contributed by atoms with Crippen LogP contribution in [-0.4, -0.2) is 22.7 Å². The first-order valence-corrected chi connectivity index (χ1v) is 4.21. The molecule has 1 rings (SSSR count). The molecule has 1 atom stereocenters. The molecule has 1 aromatic rings. The maximum atomic E-state index is 8.82. The summed E-state index contributed by atoms with van der Waals surface area (Å²) >= 11 is 0. The van der Waals surface area contributed by atoms with Gasteiger partial charge >= 0.3 is 0 Å². The van der Waals surface area contributed by atoms with Crippen LogP contribution in [0.3, 0.4) is 0 Å². The van der Waals surface area contributed by atoms with Gasteiger partial charge in [-0.05, 0) is 13.0 Å². The van der Waals surface area contributed by atoms with Crippen molar-refractivity contribution in [2.45, 2.75) is 13.0 Å². The van der Waals surface area contributed by atoms with Gasteiger partial charge in [0.1, 0.15) is 6.07 Å². The van der Waals surface area contributed by atoms with Crippen molar-refractivity contribution >= 4 is 11.5 Å². The number of aliphatic hydroxyl groups is 1. The molecule has 0 amide bonds. The van der Waals surface area contributed by atoms with E-state index in [0.717, 1.165) is 0 Å². The van der Waals surface area contributed by atoms with Crippen molar-refractivity contribution in [3.8, 4) is 6.07 Å². The molecule has 0 spiro atoms. The molecule has 0 saturated heterocycles. The lowest BCUT2D eigenvalue weighted by Gasteiger charge is -2.13. The number of pyridine rings is 1. The number of hydrogen-bond acceptors (Lipinski definition) is 5. The topological polar surface area (TPSA) is 95.0 Å². The Kier molecular flexibility index (Phi) is 3.26. The van der Waals surface area contributed by atoms with Gasteiger partial charge in [0.2, 0.25) is 0 Å². The van der Waals surface area contributed by atoms with E-state index in [2.05, 4.69) is 10.3 Å². The van der Waals surface area contributed by atoms with Crippen LogP contribution in [0.25, 0.3) is 0 Å².